The molecule has 1 aliphatic heterocycles. The molecule has 1 aliphatic carbocycles. The van der Waals surface area contributed by atoms with Gasteiger partial charge in [-0.15, -0.1) is 0 Å². The number of aliphatic carboxylic acids is 1. The molecular weight excluding hydrogens is 288 g/mol. The van der Waals surface area contributed by atoms with Crippen molar-refractivity contribution < 1.29 is 9.90 Å². The number of carboxylic acid groups (broad SMARTS) is 1. The minimum atomic E-state index is -0.599. The Kier molecular flexibility index (Phi) is 3.38. The zero-order valence-corrected chi connectivity index (χ0v) is 13.5. The Bertz CT molecular complexity index is 773. The summed E-state index contributed by atoms with van der Waals surface area (Å²) in [4.78, 5) is 18.8. The third kappa shape index (κ3) is 2.32. The standard InChI is InChI=1S/C19H22N2O2/c1-13-9-14(16-6-2-3-7-17(16)20-13)10-21-11-15-5-4-8-19(15,12-21)18(22)23/h2-3,6-7,9,15H,4-5,8,10-12H2,1H3,(H,22,23)/t15-,19+/m0/s1. The third-order valence-corrected chi connectivity index (χ3v) is 5.69. The van der Waals surface area contributed by atoms with Crippen LogP contribution >= 0.6 is 0 Å². The Labute approximate surface area is 136 Å². The first-order valence-corrected chi connectivity index (χ1v) is 8.39. The lowest BCUT2D eigenvalue weighted by Gasteiger charge is -2.23. The second kappa shape index (κ2) is 5.31. The number of likely N-dealkylation sites (tertiary alicyclic amines) is 1. The number of hydrogen-bond donors (Lipinski definition) is 1. The molecule has 4 nitrogen and oxygen atoms in total. The van der Waals surface area contributed by atoms with Crippen LogP contribution in [0.2, 0.25) is 0 Å². The van der Waals surface area contributed by atoms with Crippen LogP contribution in [0.3, 0.4) is 0 Å². The first-order valence-electron chi connectivity index (χ1n) is 8.39. The average Bonchev–Trinajstić information content (AvgIpc) is 3.04. The van der Waals surface area contributed by atoms with Crippen molar-refractivity contribution in [1.29, 1.82) is 0 Å². The van der Waals surface area contributed by atoms with Crippen molar-refractivity contribution >= 4 is 16.9 Å². The van der Waals surface area contributed by atoms with Crippen LogP contribution in [0.4, 0.5) is 0 Å². The van der Waals surface area contributed by atoms with Gasteiger partial charge in [0.25, 0.3) is 0 Å². The maximum absolute atomic E-state index is 11.8. The van der Waals surface area contributed by atoms with E-state index in [0.717, 1.165) is 43.6 Å². The van der Waals surface area contributed by atoms with Gasteiger partial charge in [-0.3, -0.25) is 14.7 Å². The summed E-state index contributed by atoms with van der Waals surface area (Å²) < 4.78 is 0. The number of aryl methyl sites for hydroxylation is 1. The van der Waals surface area contributed by atoms with Crippen molar-refractivity contribution in [3.8, 4) is 0 Å². The summed E-state index contributed by atoms with van der Waals surface area (Å²) in [6.45, 7) is 4.42. The lowest BCUT2D eigenvalue weighted by Crippen LogP contribution is -2.35. The van der Waals surface area contributed by atoms with E-state index in [1.165, 1.54) is 10.9 Å². The molecule has 1 N–H and O–H groups in total. The number of para-hydroxylation sites is 1. The fourth-order valence-corrected chi connectivity index (χ4v) is 4.63. The Morgan fingerprint density at radius 3 is 3.04 bits per heavy atom. The predicted molar refractivity (Wildman–Crippen MR) is 89.2 cm³/mol. The van der Waals surface area contributed by atoms with Gasteiger partial charge in [0.05, 0.1) is 10.9 Å². The number of carbonyl (C=O) groups is 1. The molecule has 0 spiro atoms. The molecule has 2 fully saturated rings. The summed E-state index contributed by atoms with van der Waals surface area (Å²) in [5, 5.41) is 10.9. The minimum Gasteiger partial charge on any atom is -0.481 e. The van der Waals surface area contributed by atoms with Gasteiger partial charge in [0.15, 0.2) is 0 Å². The van der Waals surface area contributed by atoms with E-state index >= 15 is 0 Å². The molecule has 1 aromatic carbocycles. The molecule has 1 aromatic heterocycles. The van der Waals surface area contributed by atoms with Crippen LogP contribution in [0.15, 0.2) is 30.3 Å². The van der Waals surface area contributed by atoms with Gasteiger partial charge in [0.1, 0.15) is 0 Å². The first kappa shape index (κ1) is 14.6. The molecule has 1 saturated heterocycles. The molecule has 2 atom stereocenters. The largest absolute Gasteiger partial charge is 0.481 e. The highest BCUT2D eigenvalue weighted by molar-refractivity contribution is 5.82. The second-order valence-corrected chi connectivity index (χ2v) is 7.16. The van der Waals surface area contributed by atoms with E-state index < -0.39 is 11.4 Å². The minimum absolute atomic E-state index is 0.314. The smallest absolute Gasteiger partial charge is 0.311 e. The maximum atomic E-state index is 11.8. The number of pyridine rings is 1. The fraction of sp³-hybridized carbons (Fsp3) is 0.474. The number of nitrogens with zero attached hydrogens (tertiary/aromatic N) is 2. The zero-order valence-electron chi connectivity index (χ0n) is 13.5. The summed E-state index contributed by atoms with van der Waals surface area (Å²) in [5.74, 6) is -0.285. The van der Waals surface area contributed by atoms with Crippen molar-refractivity contribution in [2.75, 3.05) is 13.1 Å². The highest BCUT2D eigenvalue weighted by Crippen LogP contribution is 2.49. The summed E-state index contributed by atoms with van der Waals surface area (Å²) in [7, 11) is 0. The summed E-state index contributed by atoms with van der Waals surface area (Å²) in [5.41, 5.74) is 2.80. The number of benzene rings is 1. The van der Waals surface area contributed by atoms with Gasteiger partial charge in [-0.25, -0.2) is 0 Å². The first-order chi connectivity index (χ1) is 11.1. The molecule has 4 heteroatoms. The van der Waals surface area contributed by atoms with Gasteiger partial charge >= 0.3 is 5.97 Å². The molecule has 2 aromatic rings. The predicted octanol–water partition coefficient (Wildman–Crippen LogP) is 3.23. The van der Waals surface area contributed by atoms with Gasteiger partial charge in [-0.05, 0) is 43.4 Å². The van der Waals surface area contributed by atoms with Crippen molar-refractivity contribution in [3.05, 3.63) is 41.6 Å². The topological polar surface area (TPSA) is 53.4 Å². The molecule has 4 rings (SSSR count). The number of carboxylic acids is 1. The van der Waals surface area contributed by atoms with Crippen LogP contribution in [0.5, 0.6) is 0 Å². The monoisotopic (exact) mass is 310 g/mol. The van der Waals surface area contributed by atoms with Gasteiger partial charge in [-0.1, -0.05) is 24.6 Å². The molecular formula is C19H22N2O2. The second-order valence-electron chi connectivity index (χ2n) is 7.16. The SMILES string of the molecule is Cc1cc(CN2C[C@@H]3CCC[C@@]3(C(=O)O)C2)c2ccccc2n1. The lowest BCUT2D eigenvalue weighted by molar-refractivity contribution is -0.149. The van der Waals surface area contributed by atoms with Gasteiger partial charge < -0.3 is 5.11 Å². The highest BCUT2D eigenvalue weighted by Gasteiger charge is 2.54. The van der Waals surface area contributed by atoms with E-state index in [2.05, 4.69) is 22.0 Å². The normalized spacial score (nSPS) is 27.4. The van der Waals surface area contributed by atoms with Crippen LogP contribution < -0.4 is 0 Å². The van der Waals surface area contributed by atoms with E-state index in [1.807, 2.05) is 25.1 Å². The van der Waals surface area contributed by atoms with E-state index in [-0.39, 0.29) is 0 Å². The molecule has 23 heavy (non-hydrogen) atoms. The van der Waals surface area contributed by atoms with E-state index in [0.29, 0.717) is 12.5 Å². The van der Waals surface area contributed by atoms with Crippen LogP contribution in [0, 0.1) is 18.3 Å². The Hall–Kier alpha value is -1.94. The highest BCUT2D eigenvalue weighted by atomic mass is 16.4. The molecule has 2 aliphatic rings. The molecule has 2 heterocycles. The molecule has 1 saturated carbocycles. The van der Waals surface area contributed by atoms with Crippen molar-refractivity contribution in [3.63, 3.8) is 0 Å². The third-order valence-electron chi connectivity index (χ3n) is 5.69. The zero-order chi connectivity index (χ0) is 16.0. The van der Waals surface area contributed by atoms with Gasteiger partial charge in [0.2, 0.25) is 0 Å². The number of aromatic nitrogens is 1. The molecule has 0 radical (unpaired) electrons. The van der Waals surface area contributed by atoms with E-state index in [1.54, 1.807) is 0 Å². The van der Waals surface area contributed by atoms with Crippen LogP contribution in [-0.4, -0.2) is 34.0 Å². The summed E-state index contributed by atoms with van der Waals surface area (Å²) in [6, 6.07) is 10.4. The van der Waals surface area contributed by atoms with Gasteiger partial charge in [0, 0.05) is 30.7 Å². The summed E-state index contributed by atoms with van der Waals surface area (Å²) in [6.07, 6.45) is 2.95. The van der Waals surface area contributed by atoms with Crippen LogP contribution in [-0.2, 0) is 11.3 Å². The lowest BCUT2D eigenvalue weighted by atomic mass is 9.81. The number of hydrogen-bond acceptors (Lipinski definition) is 3. The van der Waals surface area contributed by atoms with E-state index in [9.17, 15) is 9.90 Å². The Morgan fingerprint density at radius 1 is 1.43 bits per heavy atom. The van der Waals surface area contributed by atoms with Gasteiger partial charge in [-0.2, -0.15) is 0 Å². The van der Waals surface area contributed by atoms with Crippen molar-refractivity contribution in [1.82, 2.24) is 9.88 Å². The molecule has 0 bridgehead atoms. The number of rotatable bonds is 3. The number of fused-ring (bicyclic) bond motifs is 2. The quantitative estimate of drug-likeness (QED) is 0.945. The van der Waals surface area contributed by atoms with Crippen molar-refractivity contribution in [2.45, 2.75) is 32.7 Å². The molecule has 120 valence electrons. The molecule has 0 unspecified atom stereocenters. The summed E-state index contributed by atoms with van der Waals surface area (Å²) >= 11 is 0. The molecule has 0 amide bonds. The fourth-order valence-electron chi connectivity index (χ4n) is 4.63. The maximum Gasteiger partial charge on any atom is 0.311 e. The van der Waals surface area contributed by atoms with Crippen LogP contribution in [0.25, 0.3) is 10.9 Å². The van der Waals surface area contributed by atoms with Crippen molar-refractivity contribution in [2.24, 2.45) is 11.3 Å². The Balaban J connectivity index is 1.64. The Morgan fingerprint density at radius 2 is 2.26 bits per heavy atom. The van der Waals surface area contributed by atoms with Crippen LogP contribution in [0.1, 0.15) is 30.5 Å². The van der Waals surface area contributed by atoms with E-state index in [4.69, 9.17) is 0 Å². The average molecular weight is 310 g/mol.